The molecule has 0 spiro atoms. The summed E-state index contributed by atoms with van der Waals surface area (Å²) in [5, 5.41) is 3.87. The van der Waals surface area contributed by atoms with Crippen molar-refractivity contribution in [2.75, 3.05) is 11.8 Å². The number of nitrogens with zero attached hydrogens (tertiary/aromatic N) is 3. The van der Waals surface area contributed by atoms with E-state index in [-0.39, 0.29) is 5.03 Å². The molecular formula is C15H17N5O2S. The van der Waals surface area contributed by atoms with Crippen molar-refractivity contribution in [3.05, 3.63) is 48.5 Å². The lowest BCUT2D eigenvalue weighted by Gasteiger charge is -2.10. The minimum absolute atomic E-state index is 0.0246. The number of aryl methyl sites for hydroxylation is 1. The lowest BCUT2D eigenvalue weighted by molar-refractivity contribution is 0.598. The van der Waals surface area contributed by atoms with E-state index >= 15 is 0 Å². The van der Waals surface area contributed by atoms with Crippen molar-refractivity contribution in [3.8, 4) is 0 Å². The normalized spacial score (nSPS) is 11.7. The van der Waals surface area contributed by atoms with E-state index in [0.717, 1.165) is 11.1 Å². The van der Waals surface area contributed by atoms with E-state index in [0.29, 0.717) is 17.7 Å². The van der Waals surface area contributed by atoms with Crippen molar-refractivity contribution in [1.29, 1.82) is 0 Å². The number of anilines is 1. The first-order valence-electron chi connectivity index (χ1n) is 7.03. The van der Waals surface area contributed by atoms with Gasteiger partial charge in [0.1, 0.15) is 0 Å². The summed E-state index contributed by atoms with van der Waals surface area (Å²) >= 11 is 0. The largest absolute Gasteiger partial charge is 0.339 e. The number of nitrogens with one attached hydrogen (secondary N) is 2. The van der Waals surface area contributed by atoms with E-state index in [2.05, 4.69) is 20.0 Å². The van der Waals surface area contributed by atoms with Crippen LogP contribution in [0.15, 0.2) is 47.9 Å². The average molecular weight is 331 g/mol. The summed E-state index contributed by atoms with van der Waals surface area (Å²) in [6, 6.07) is 9.21. The van der Waals surface area contributed by atoms with Crippen LogP contribution < -0.4 is 10.0 Å². The number of benzene rings is 1. The number of pyridine rings is 1. The monoisotopic (exact) mass is 331 g/mol. The lowest BCUT2D eigenvalue weighted by Crippen LogP contribution is -2.14. The van der Waals surface area contributed by atoms with Gasteiger partial charge in [0.05, 0.1) is 23.2 Å². The molecule has 2 heterocycles. The van der Waals surface area contributed by atoms with Gasteiger partial charge in [0.25, 0.3) is 10.0 Å². The molecule has 3 aromatic rings. The first-order chi connectivity index (χ1) is 11.0. The maximum absolute atomic E-state index is 12.4. The van der Waals surface area contributed by atoms with Crippen molar-refractivity contribution < 1.29 is 8.42 Å². The molecule has 23 heavy (non-hydrogen) atoms. The van der Waals surface area contributed by atoms with Crippen LogP contribution >= 0.6 is 0 Å². The Morgan fingerprint density at radius 2 is 2.04 bits per heavy atom. The molecule has 8 heteroatoms. The third-order valence-corrected chi connectivity index (χ3v) is 4.59. The van der Waals surface area contributed by atoms with E-state index in [9.17, 15) is 8.42 Å². The lowest BCUT2D eigenvalue weighted by atomic mass is 10.2. The number of rotatable bonds is 5. The van der Waals surface area contributed by atoms with Crippen LogP contribution in [-0.2, 0) is 23.6 Å². The molecule has 0 amide bonds. The molecule has 0 fully saturated rings. The number of fused-ring (bicyclic) bond motifs is 1. The van der Waals surface area contributed by atoms with E-state index in [1.165, 1.54) is 12.5 Å². The molecule has 3 rings (SSSR count). The standard InChI is InChI=1S/C15H17N5O2S/c1-16-8-12-7-6-11-4-3-5-13(15(11)18-12)19-23(21,22)14-9-20(2)10-17-14/h3-7,9-10,16,19H,8H2,1-2H3. The summed E-state index contributed by atoms with van der Waals surface area (Å²) in [6.45, 7) is 0.608. The fourth-order valence-electron chi connectivity index (χ4n) is 2.27. The summed E-state index contributed by atoms with van der Waals surface area (Å²) in [5.41, 5.74) is 1.88. The Labute approximate surface area is 134 Å². The van der Waals surface area contributed by atoms with E-state index in [1.807, 2.05) is 25.2 Å². The van der Waals surface area contributed by atoms with Crippen LogP contribution in [0.4, 0.5) is 5.69 Å². The fraction of sp³-hybridized carbons (Fsp3) is 0.200. The van der Waals surface area contributed by atoms with Gasteiger partial charge in [0.15, 0.2) is 5.03 Å². The number of para-hydroxylation sites is 1. The minimum atomic E-state index is -3.75. The van der Waals surface area contributed by atoms with Crippen LogP contribution in [0.2, 0.25) is 0 Å². The van der Waals surface area contributed by atoms with Crippen LogP contribution in [0.25, 0.3) is 10.9 Å². The summed E-state index contributed by atoms with van der Waals surface area (Å²) in [6.07, 6.45) is 2.90. The van der Waals surface area contributed by atoms with E-state index in [4.69, 9.17) is 0 Å². The number of hydrogen-bond acceptors (Lipinski definition) is 5. The average Bonchev–Trinajstić information content (AvgIpc) is 2.95. The van der Waals surface area contributed by atoms with Crippen molar-refractivity contribution in [2.24, 2.45) is 7.05 Å². The topological polar surface area (TPSA) is 88.9 Å². The second-order valence-electron chi connectivity index (χ2n) is 5.19. The number of hydrogen-bond donors (Lipinski definition) is 2. The van der Waals surface area contributed by atoms with Gasteiger partial charge in [-0.25, -0.2) is 9.97 Å². The quantitative estimate of drug-likeness (QED) is 0.739. The Kier molecular flexibility index (Phi) is 4.01. The highest BCUT2D eigenvalue weighted by Gasteiger charge is 2.18. The summed E-state index contributed by atoms with van der Waals surface area (Å²) < 4.78 is 29.0. The zero-order valence-corrected chi connectivity index (χ0v) is 13.6. The molecule has 7 nitrogen and oxygen atoms in total. The third-order valence-electron chi connectivity index (χ3n) is 3.34. The second kappa shape index (κ2) is 5.98. The molecule has 0 aliphatic rings. The zero-order chi connectivity index (χ0) is 16.4. The molecule has 0 atom stereocenters. The molecule has 2 N–H and O–H groups in total. The maximum Gasteiger partial charge on any atom is 0.281 e. The predicted octanol–water partition coefficient (Wildman–Crippen LogP) is 1.49. The smallest absolute Gasteiger partial charge is 0.281 e. The van der Waals surface area contributed by atoms with Gasteiger partial charge in [-0.2, -0.15) is 8.42 Å². The molecule has 120 valence electrons. The van der Waals surface area contributed by atoms with Gasteiger partial charge in [-0.3, -0.25) is 4.72 Å². The van der Waals surface area contributed by atoms with Gasteiger partial charge in [0.2, 0.25) is 0 Å². The highest BCUT2D eigenvalue weighted by molar-refractivity contribution is 7.92. The Hall–Kier alpha value is -2.45. The molecule has 0 aliphatic carbocycles. The van der Waals surface area contributed by atoms with Crippen LogP contribution in [0.1, 0.15) is 5.69 Å². The molecule has 0 saturated heterocycles. The number of imidazole rings is 1. The Morgan fingerprint density at radius 3 is 2.74 bits per heavy atom. The van der Waals surface area contributed by atoms with Gasteiger partial charge in [-0.15, -0.1) is 0 Å². The number of sulfonamides is 1. The molecule has 0 radical (unpaired) electrons. The molecule has 0 aliphatic heterocycles. The van der Waals surface area contributed by atoms with Gasteiger partial charge >= 0.3 is 0 Å². The first-order valence-corrected chi connectivity index (χ1v) is 8.52. The number of aromatic nitrogens is 3. The Morgan fingerprint density at radius 1 is 1.22 bits per heavy atom. The summed E-state index contributed by atoms with van der Waals surface area (Å²) in [5.74, 6) is 0. The van der Waals surface area contributed by atoms with Gasteiger partial charge < -0.3 is 9.88 Å². The Balaban J connectivity index is 2.04. The Bertz CT molecular complexity index is 949. The van der Waals surface area contributed by atoms with Crippen LogP contribution in [0, 0.1) is 0 Å². The highest BCUT2D eigenvalue weighted by atomic mass is 32.2. The van der Waals surface area contributed by atoms with Gasteiger partial charge in [-0.05, 0) is 19.2 Å². The molecular weight excluding hydrogens is 314 g/mol. The van der Waals surface area contributed by atoms with Crippen LogP contribution in [-0.4, -0.2) is 30.0 Å². The molecule has 0 bridgehead atoms. The van der Waals surface area contributed by atoms with Crippen LogP contribution in [0.3, 0.4) is 0 Å². The van der Waals surface area contributed by atoms with Crippen LogP contribution in [0.5, 0.6) is 0 Å². The van der Waals surface area contributed by atoms with Crippen molar-refractivity contribution in [3.63, 3.8) is 0 Å². The minimum Gasteiger partial charge on any atom is -0.339 e. The van der Waals surface area contributed by atoms with Gasteiger partial charge in [-0.1, -0.05) is 18.2 Å². The van der Waals surface area contributed by atoms with Crippen molar-refractivity contribution in [1.82, 2.24) is 19.9 Å². The first kappa shape index (κ1) is 15.4. The third kappa shape index (κ3) is 3.17. The fourth-order valence-corrected chi connectivity index (χ4v) is 3.32. The predicted molar refractivity (Wildman–Crippen MR) is 88.5 cm³/mol. The van der Waals surface area contributed by atoms with Crippen molar-refractivity contribution in [2.45, 2.75) is 11.6 Å². The maximum atomic E-state index is 12.4. The second-order valence-corrected chi connectivity index (χ2v) is 6.82. The van der Waals surface area contributed by atoms with Crippen molar-refractivity contribution >= 4 is 26.6 Å². The summed E-state index contributed by atoms with van der Waals surface area (Å²) in [7, 11) is -0.194. The molecule has 2 aromatic heterocycles. The highest BCUT2D eigenvalue weighted by Crippen LogP contribution is 2.24. The van der Waals surface area contributed by atoms with E-state index < -0.39 is 10.0 Å². The van der Waals surface area contributed by atoms with Gasteiger partial charge in [0, 0.05) is 25.2 Å². The molecule has 0 unspecified atom stereocenters. The summed E-state index contributed by atoms with van der Waals surface area (Å²) in [4.78, 5) is 8.43. The van der Waals surface area contributed by atoms with E-state index in [1.54, 1.807) is 23.7 Å². The molecule has 1 aromatic carbocycles. The molecule has 0 saturated carbocycles. The zero-order valence-electron chi connectivity index (χ0n) is 12.8. The SMILES string of the molecule is CNCc1ccc2cccc(NS(=O)(=O)c3cn(C)cn3)c2n1.